The maximum Gasteiger partial charge on any atom is 0.264 e. The first-order chi connectivity index (χ1) is 28.2. The second kappa shape index (κ2) is 18.8. The minimum atomic E-state index is -3.59. The summed E-state index contributed by atoms with van der Waals surface area (Å²) in [6, 6.07) is 10.5. The Hall–Kier alpha value is -3.88. The molecule has 3 amide bonds. The van der Waals surface area contributed by atoms with E-state index >= 15 is 8.90 Å². The number of amides is 3. The largest absolute Gasteiger partial charge is 0.494 e. The van der Waals surface area contributed by atoms with Crippen LogP contribution in [0.5, 0.6) is 5.75 Å². The molecule has 4 aliphatic rings. The Kier molecular flexibility index (Phi) is 14.2. The Bertz CT molecular complexity index is 1930. The van der Waals surface area contributed by atoms with Crippen LogP contribution in [0.3, 0.4) is 0 Å². The fraction of sp³-hybridized carbons (Fsp3) is 0.587. The van der Waals surface area contributed by atoms with Crippen molar-refractivity contribution >= 4 is 43.2 Å². The van der Waals surface area contributed by atoms with Crippen LogP contribution in [0, 0.1) is 5.92 Å². The standard InChI is InChI=1S/C46H65FN4O7Si/c1-8-57-36-17-19-39-33(25-36)26-38(48-21-9-10-24-52)44(55)51(39)34-16-18-40-37(27-34)46(45(56)50(40)23-20-31(4)14-11-13-30(2)3)32(5)43(59(6,7)47)41(58-46)28-42(54)49-22-12-15-35(49)29-53/h13,16-20,25,27,32,35,38,41,43,48,52-53H,8-12,14-15,21-24,26,28-29H2,1-7H3/b31-20+/t32-,35+,38?,41+,43-,46+/m1/s1. The molecule has 0 bridgehead atoms. The molecule has 13 heteroatoms. The van der Waals surface area contributed by atoms with Crippen molar-refractivity contribution in [3.8, 4) is 5.75 Å². The number of carbonyl (C=O) groups excluding carboxylic acids is 3. The molecule has 6 atom stereocenters. The van der Waals surface area contributed by atoms with Gasteiger partial charge >= 0.3 is 0 Å². The molecule has 2 aromatic carbocycles. The summed E-state index contributed by atoms with van der Waals surface area (Å²) in [6.45, 7) is 15.1. The van der Waals surface area contributed by atoms with Crippen molar-refractivity contribution < 1.29 is 38.2 Å². The molecule has 0 aromatic heterocycles. The predicted octanol–water partition coefficient (Wildman–Crippen LogP) is 7.22. The molecular formula is C46H65FN4O7Si. The highest BCUT2D eigenvalue weighted by Gasteiger charge is 2.67. The first-order valence-corrected chi connectivity index (χ1v) is 24.6. The normalized spacial score (nSPS) is 25.6. The van der Waals surface area contributed by atoms with E-state index in [0.717, 1.165) is 30.4 Å². The first kappa shape index (κ1) is 44.7. The number of ether oxygens (including phenoxy) is 2. The van der Waals surface area contributed by atoms with Crippen molar-refractivity contribution in [2.24, 2.45) is 5.92 Å². The predicted molar refractivity (Wildman–Crippen MR) is 232 cm³/mol. The minimum Gasteiger partial charge on any atom is -0.494 e. The number of unbranched alkanes of at least 4 members (excludes halogenated alkanes) is 1. The van der Waals surface area contributed by atoms with Gasteiger partial charge in [0.05, 0.1) is 49.2 Å². The second-order valence-corrected chi connectivity index (χ2v) is 21.4. The number of halogens is 1. The molecule has 322 valence electrons. The van der Waals surface area contributed by atoms with Gasteiger partial charge in [0.2, 0.25) is 20.2 Å². The molecule has 0 aliphatic carbocycles. The monoisotopic (exact) mass is 832 g/mol. The summed E-state index contributed by atoms with van der Waals surface area (Å²) in [7, 11) is -3.59. The van der Waals surface area contributed by atoms with Gasteiger partial charge in [-0.05, 0) is 134 Å². The third kappa shape index (κ3) is 9.10. The summed E-state index contributed by atoms with van der Waals surface area (Å²) >= 11 is 0. The van der Waals surface area contributed by atoms with Gasteiger partial charge in [0.25, 0.3) is 5.91 Å². The van der Waals surface area contributed by atoms with Gasteiger partial charge in [0.15, 0.2) is 5.60 Å². The topological polar surface area (TPSA) is 132 Å². The summed E-state index contributed by atoms with van der Waals surface area (Å²) in [5, 5.41) is 22.8. The molecule has 1 unspecified atom stereocenters. The molecule has 3 N–H and O–H groups in total. The number of nitrogens with zero attached hydrogens (tertiary/aromatic N) is 3. The quantitative estimate of drug-likeness (QED) is 0.0660. The van der Waals surface area contributed by atoms with E-state index in [2.05, 4.69) is 38.2 Å². The van der Waals surface area contributed by atoms with Crippen LogP contribution < -0.4 is 19.9 Å². The third-order valence-corrected chi connectivity index (χ3v) is 15.2. The lowest BCUT2D eigenvalue weighted by Gasteiger charge is -2.36. The van der Waals surface area contributed by atoms with Crippen LogP contribution in [-0.2, 0) is 31.1 Å². The molecule has 6 rings (SSSR count). The van der Waals surface area contributed by atoms with E-state index in [4.69, 9.17) is 9.47 Å². The summed E-state index contributed by atoms with van der Waals surface area (Å²) < 4.78 is 29.6. The van der Waals surface area contributed by atoms with Crippen molar-refractivity contribution in [1.82, 2.24) is 10.2 Å². The van der Waals surface area contributed by atoms with Crippen LogP contribution in [0.4, 0.5) is 21.2 Å². The van der Waals surface area contributed by atoms with Gasteiger partial charge in [-0.15, -0.1) is 0 Å². The van der Waals surface area contributed by atoms with Crippen molar-refractivity contribution in [1.29, 1.82) is 0 Å². The van der Waals surface area contributed by atoms with E-state index in [-0.39, 0.29) is 49.9 Å². The number of anilines is 3. The van der Waals surface area contributed by atoms with Crippen molar-refractivity contribution in [3.05, 3.63) is 70.8 Å². The maximum absolute atomic E-state index is 16.8. The molecule has 59 heavy (non-hydrogen) atoms. The van der Waals surface area contributed by atoms with Gasteiger partial charge in [-0.25, -0.2) is 0 Å². The number of allylic oxidation sites excluding steroid dienone is 3. The number of nitrogens with one attached hydrogen (secondary N) is 1. The Balaban J connectivity index is 1.45. The zero-order valence-electron chi connectivity index (χ0n) is 36.1. The van der Waals surface area contributed by atoms with E-state index in [9.17, 15) is 19.8 Å². The second-order valence-electron chi connectivity index (χ2n) is 17.6. The van der Waals surface area contributed by atoms with Gasteiger partial charge in [-0.3, -0.25) is 19.3 Å². The molecular weight excluding hydrogens is 768 g/mol. The summed E-state index contributed by atoms with van der Waals surface area (Å²) in [5.41, 5.74) is 3.47. The van der Waals surface area contributed by atoms with Crippen molar-refractivity contribution in [2.45, 2.75) is 128 Å². The van der Waals surface area contributed by atoms with Crippen LogP contribution in [0.15, 0.2) is 59.7 Å². The molecule has 1 spiro atoms. The average molecular weight is 833 g/mol. The van der Waals surface area contributed by atoms with E-state index in [1.54, 1.807) is 27.8 Å². The lowest BCUT2D eigenvalue weighted by atomic mass is 9.82. The van der Waals surface area contributed by atoms with E-state index in [1.165, 1.54) is 5.57 Å². The van der Waals surface area contributed by atoms with Gasteiger partial charge in [0.1, 0.15) is 5.75 Å². The number of benzene rings is 2. The van der Waals surface area contributed by atoms with Crippen molar-refractivity contribution in [2.75, 3.05) is 49.3 Å². The molecule has 2 aromatic rings. The molecule has 4 aliphatic heterocycles. The van der Waals surface area contributed by atoms with Gasteiger partial charge in [-0.1, -0.05) is 30.2 Å². The first-order valence-electron chi connectivity index (χ1n) is 21.6. The van der Waals surface area contributed by atoms with Gasteiger partial charge < -0.3 is 38.9 Å². The number of aliphatic hydroxyl groups is 2. The number of carbonyl (C=O) groups is 3. The minimum absolute atomic E-state index is 0.0741. The molecule has 2 fully saturated rings. The Morgan fingerprint density at radius 3 is 2.54 bits per heavy atom. The van der Waals surface area contributed by atoms with Crippen LogP contribution in [0.1, 0.15) is 90.7 Å². The van der Waals surface area contributed by atoms with E-state index < -0.39 is 37.6 Å². The smallest absolute Gasteiger partial charge is 0.264 e. The average Bonchev–Trinajstić information content (AvgIpc) is 3.85. The highest BCUT2D eigenvalue weighted by Crippen LogP contribution is 2.61. The SMILES string of the molecule is CCOc1ccc2c(c1)CC(NCCCCO)C(=O)N2c1ccc2c(c1)[C@]1(O[C@@H](CC(=O)N3CCC[C@H]3CO)[C@H]([Si](C)(C)F)[C@H]1C)C(=O)N2C/C=C(\C)CCC=C(C)C. The molecule has 11 nitrogen and oxygen atoms in total. The molecule has 4 heterocycles. The number of rotatable bonds is 17. The van der Waals surface area contributed by atoms with Crippen molar-refractivity contribution in [3.63, 3.8) is 0 Å². The number of fused-ring (bicyclic) bond motifs is 3. The number of likely N-dealkylation sites (tertiary alicyclic amines) is 1. The van der Waals surface area contributed by atoms with Gasteiger partial charge in [0, 0.05) is 42.4 Å². The van der Waals surface area contributed by atoms with Crippen LogP contribution in [-0.4, -0.2) is 98.9 Å². The van der Waals surface area contributed by atoms with E-state index in [1.807, 2.05) is 50.2 Å². The molecule has 0 radical (unpaired) electrons. The zero-order chi connectivity index (χ0) is 42.6. The summed E-state index contributed by atoms with van der Waals surface area (Å²) in [4.78, 5) is 48.8. The fourth-order valence-corrected chi connectivity index (χ4v) is 12.4. The number of hydrogen-bond donors (Lipinski definition) is 3. The molecule has 2 saturated heterocycles. The Morgan fingerprint density at radius 1 is 1.08 bits per heavy atom. The zero-order valence-corrected chi connectivity index (χ0v) is 37.1. The summed E-state index contributed by atoms with van der Waals surface area (Å²) in [5.74, 6) is -0.584. The Labute approximate surface area is 350 Å². The highest BCUT2D eigenvalue weighted by atomic mass is 28.4. The fourth-order valence-electron chi connectivity index (χ4n) is 9.86. The highest BCUT2D eigenvalue weighted by molar-refractivity contribution is 6.72. The molecule has 0 saturated carbocycles. The van der Waals surface area contributed by atoms with Crippen LogP contribution >= 0.6 is 0 Å². The van der Waals surface area contributed by atoms with Gasteiger partial charge in [-0.2, -0.15) is 0 Å². The number of aliphatic hydroxyl groups excluding tert-OH is 2. The van der Waals surface area contributed by atoms with Crippen LogP contribution in [0.2, 0.25) is 18.6 Å². The summed E-state index contributed by atoms with van der Waals surface area (Å²) in [6.07, 6.45) is 8.29. The van der Waals surface area contributed by atoms with Crippen LogP contribution in [0.25, 0.3) is 0 Å². The Morgan fingerprint density at radius 2 is 1.85 bits per heavy atom. The van der Waals surface area contributed by atoms with E-state index in [0.29, 0.717) is 73.8 Å². The lowest BCUT2D eigenvalue weighted by Crippen LogP contribution is -2.49. The third-order valence-electron chi connectivity index (χ3n) is 12.7. The number of hydrogen-bond acceptors (Lipinski definition) is 8. The maximum atomic E-state index is 16.8. The lowest BCUT2D eigenvalue weighted by molar-refractivity contribution is -0.149.